The molecule has 1 aromatic heterocycles. The van der Waals surface area contributed by atoms with Crippen molar-refractivity contribution in [2.75, 3.05) is 20.2 Å². The summed E-state index contributed by atoms with van der Waals surface area (Å²) >= 11 is 0. The summed E-state index contributed by atoms with van der Waals surface area (Å²) < 4.78 is 23.2. The van der Waals surface area contributed by atoms with Gasteiger partial charge in [-0.15, -0.1) is 0 Å². The van der Waals surface area contributed by atoms with Gasteiger partial charge >= 0.3 is 0 Å². The van der Waals surface area contributed by atoms with Crippen LogP contribution in [0.15, 0.2) is 45.8 Å². The van der Waals surface area contributed by atoms with Crippen LogP contribution in [-0.2, 0) is 0 Å². The summed E-state index contributed by atoms with van der Waals surface area (Å²) in [4.78, 5) is 26.1. The van der Waals surface area contributed by atoms with E-state index in [1.807, 2.05) is 0 Å². The second-order valence-electron chi connectivity index (χ2n) is 6.15. The monoisotopic (exact) mass is 345 g/mol. The number of hydrogen-bond acceptors (Lipinski definition) is 4. The maximum atomic E-state index is 13.1. The third-order valence-electron chi connectivity index (χ3n) is 4.59. The molecule has 3 rings (SSSR count). The van der Waals surface area contributed by atoms with E-state index >= 15 is 0 Å². The van der Waals surface area contributed by atoms with E-state index in [9.17, 15) is 14.0 Å². The lowest BCUT2D eigenvalue weighted by atomic mass is 9.92. The third kappa shape index (κ3) is 3.90. The zero-order chi connectivity index (χ0) is 17.8. The molecule has 0 radical (unpaired) electrons. The lowest BCUT2D eigenvalue weighted by Crippen LogP contribution is -2.32. The van der Waals surface area contributed by atoms with Crippen LogP contribution in [0.4, 0.5) is 4.39 Å². The standard InChI is InChI=1S/C19H20FNO4/c1-24-18-12-25-17(11-16(18)22)19(23)21-9-2-3-13(8-10-21)14-4-6-15(20)7-5-14/h4-7,11-13H,2-3,8-10H2,1H3/t13-/m1/s1. The second kappa shape index (κ2) is 7.51. The van der Waals surface area contributed by atoms with Gasteiger partial charge in [0, 0.05) is 19.2 Å². The molecule has 1 aliphatic heterocycles. The number of carbonyl (C=O) groups excluding carboxylic acids is 1. The highest BCUT2D eigenvalue weighted by Gasteiger charge is 2.24. The highest BCUT2D eigenvalue weighted by atomic mass is 19.1. The van der Waals surface area contributed by atoms with Gasteiger partial charge in [-0.05, 0) is 42.9 Å². The Morgan fingerprint density at radius 2 is 2.00 bits per heavy atom. The van der Waals surface area contributed by atoms with Crippen LogP contribution in [0.25, 0.3) is 0 Å². The number of rotatable bonds is 3. The number of carbonyl (C=O) groups is 1. The highest BCUT2D eigenvalue weighted by molar-refractivity contribution is 5.91. The first-order chi connectivity index (χ1) is 12.1. The maximum absolute atomic E-state index is 13.1. The van der Waals surface area contributed by atoms with E-state index < -0.39 is 0 Å². The van der Waals surface area contributed by atoms with Crippen molar-refractivity contribution in [2.24, 2.45) is 0 Å². The predicted octanol–water partition coefficient (Wildman–Crippen LogP) is 3.20. The van der Waals surface area contributed by atoms with Gasteiger partial charge in [0.15, 0.2) is 5.76 Å². The first-order valence-corrected chi connectivity index (χ1v) is 8.30. The smallest absolute Gasteiger partial charge is 0.289 e. The highest BCUT2D eigenvalue weighted by Crippen LogP contribution is 2.28. The Balaban J connectivity index is 1.70. The molecular weight excluding hydrogens is 325 g/mol. The summed E-state index contributed by atoms with van der Waals surface area (Å²) in [6, 6.07) is 7.72. The molecule has 1 aromatic carbocycles. The Hall–Kier alpha value is -2.63. The van der Waals surface area contributed by atoms with Gasteiger partial charge < -0.3 is 14.1 Å². The molecule has 1 atom stereocenters. The molecular formula is C19H20FNO4. The molecule has 1 saturated heterocycles. The minimum absolute atomic E-state index is 0.0195. The summed E-state index contributed by atoms with van der Waals surface area (Å²) in [5, 5.41) is 0. The van der Waals surface area contributed by atoms with Crippen molar-refractivity contribution in [1.82, 2.24) is 4.90 Å². The van der Waals surface area contributed by atoms with Crippen LogP contribution >= 0.6 is 0 Å². The van der Waals surface area contributed by atoms with E-state index in [1.54, 1.807) is 17.0 Å². The summed E-state index contributed by atoms with van der Waals surface area (Å²) in [7, 11) is 1.37. The Labute approximate surface area is 145 Å². The molecule has 1 amide bonds. The van der Waals surface area contributed by atoms with Gasteiger partial charge in [0.1, 0.15) is 12.1 Å². The summed E-state index contributed by atoms with van der Waals surface area (Å²) in [6.07, 6.45) is 3.72. The number of benzene rings is 1. The van der Waals surface area contributed by atoms with Crippen LogP contribution in [0.5, 0.6) is 5.75 Å². The molecule has 0 saturated carbocycles. The number of likely N-dealkylation sites (tertiary alicyclic amines) is 1. The van der Waals surface area contributed by atoms with Crippen molar-refractivity contribution in [3.63, 3.8) is 0 Å². The van der Waals surface area contributed by atoms with Crippen LogP contribution in [-0.4, -0.2) is 31.0 Å². The van der Waals surface area contributed by atoms with E-state index in [0.717, 1.165) is 31.1 Å². The number of ether oxygens (including phenoxy) is 1. The number of amides is 1. The van der Waals surface area contributed by atoms with Crippen molar-refractivity contribution >= 4 is 5.91 Å². The van der Waals surface area contributed by atoms with Gasteiger partial charge in [0.2, 0.25) is 11.2 Å². The van der Waals surface area contributed by atoms with Crippen LogP contribution < -0.4 is 10.2 Å². The van der Waals surface area contributed by atoms with Crippen molar-refractivity contribution < 1.29 is 18.3 Å². The van der Waals surface area contributed by atoms with Crippen molar-refractivity contribution in [3.05, 3.63) is 64.0 Å². The van der Waals surface area contributed by atoms with E-state index in [4.69, 9.17) is 9.15 Å². The van der Waals surface area contributed by atoms with Crippen LogP contribution in [0.2, 0.25) is 0 Å². The van der Waals surface area contributed by atoms with Gasteiger partial charge in [-0.1, -0.05) is 12.1 Å². The van der Waals surface area contributed by atoms with Crippen molar-refractivity contribution in [3.8, 4) is 5.75 Å². The molecule has 2 aromatic rings. The minimum Gasteiger partial charge on any atom is -0.490 e. The second-order valence-corrected chi connectivity index (χ2v) is 6.15. The van der Waals surface area contributed by atoms with Gasteiger partial charge in [-0.25, -0.2) is 4.39 Å². The van der Waals surface area contributed by atoms with Gasteiger partial charge in [0.05, 0.1) is 7.11 Å². The molecule has 5 nitrogen and oxygen atoms in total. The maximum Gasteiger partial charge on any atom is 0.289 e. The Bertz CT molecular complexity index is 800. The van der Waals surface area contributed by atoms with Crippen LogP contribution in [0, 0.1) is 5.82 Å². The van der Waals surface area contributed by atoms with Crippen molar-refractivity contribution in [2.45, 2.75) is 25.2 Å². The van der Waals surface area contributed by atoms with Gasteiger partial charge in [-0.2, -0.15) is 0 Å². The number of nitrogens with zero attached hydrogens (tertiary/aromatic N) is 1. The largest absolute Gasteiger partial charge is 0.490 e. The zero-order valence-electron chi connectivity index (χ0n) is 14.0. The molecule has 0 aliphatic carbocycles. The van der Waals surface area contributed by atoms with E-state index in [2.05, 4.69) is 0 Å². The Morgan fingerprint density at radius 1 is 1.24 bits per heavy atom. The number of hydrogen-bond donors (Lipinski definition) is 0. The fraction of sp³-hybridized carbons (Fsp3) is 0.368. The fourth-order valence-electron chi connectivity index (χ4n) is 3.18. The van der Waals surface area contributed by atoms with Gasteiger partial charge in [0.25, 0.3) is 5.91 Å². The first kappa shape index (κ1) is 17.2. The molecule has 132 valence electrons. The lowest BCUT2D eigenvalue weighted by molar-refractivity contribution is 0.0725. The van der Waals surface area contributed by atoms with Gasteiger partial charge in [-0.3, -0.25) is 9.59 Å². The SMILES string of the molecule is COc1coc(C(=O)N2CCC[C@@H](c3ccc(F)cc3)CC2)cc1=O. The quantitative estimate of drug-likeness (QED) is 0.857. The molecule has 0 unspecified atom stereocenters. The molecule has 25 heavy (non-hydrogen) atoms. The number of halogens is 1. The normalized spacial score (nSPS) is 17.8. The molecule has 6 heteroatoms. The molecule has 0 N–H and O–H groups in total. The lowest BCUT2D eigenvalue weighted by Gasteiger charge is -2.20. The molecule has 1 aliphatic rings. The average molecular weight is 345 g/mol. The van der Waals surface area contributed by atoms with Crippen LogP contribution in [0.3, 0.4) is 0 Å². The molecule has 2 heterocycles. The Kier molecular flexibility index (Phi) is 5.16. The van der Waals surface area contributed by atoms with Crippen LogP contribution in [0.1, 0.15) is 41.3 Å². The Morgan fingerprint density at radius 3 is 2.68 bits per heavy atom. The van der Waals surface area contributed by atoms with E-state index in [1.165, 1.54) is 25.3 Å². The third-order valence-corrected chi connectivity index (χ3v) is 4.59. The van der Waals surface area contributed by atoms with E-state index in [0.29, 0.717) is 19.0 Å². The summed E-state index contributed by atoms with van der Waals surface area (Å²) in [6.45, 7) is 1.17. The zero-order valence-corrected chi connectivity index (χ0v) is 14.0. The molecule has 0 spiro atoms. The molecule has 1 fully saturated rings. The van der Waals surface area contributed by atoms with E-state index in [-0.39, 0.29) is 28.7 Å². The topological polar surface area (TPSA) is 59.8 Å². The fourth-order valence-corrected chi connectivity index (χ4v) is 3.18. The minimum atomic E-state index is -0.379. The average Bonchev–Trinajstić information content (AvgIpc) is 2.88. The first-order valence-electron chi connectivity index (χ1n) is 8.30. The van der Waals surface area contributed by atoms with Crippen molar-refractivity contribution in [1.29, 1.82) is 0 Å². The number of methoxy groups -OCH3 is 1. The summed E-state index contributed by atoms with van der Waals surface area (Å²) in [5.41, 5.74) is 0.711. The molecule has 0 bridgehead atoms. The summed E-state index contributed by atoms with van der Waals surface area (Å²) in [5.74, 6) is -0.153. The predicted molar refractivity (Wildman–Crippen MR) is 90.4 cm³/mol.